The minimum Gasteiger partial charge on any atom is -0.494 e. The molecule has 0 aromatic heterocycles. The summed E-state index contributed by atoms with van der Waals surface area (Å²) in [6, 6.07) is 14.5. The summed E-state index contributed by atoms with van der Waals surface area (Å²) in [5.41, 5.74) is 0. The molecule has 124 valence electrons. The maximum absolute atomic E-state index is 5.79. The minimum absolute atomic E-state index is 0. The first kappa shape index (κ1) is 19.3. The van der Waals surface area contributed by atoms with Crippen molar-refractivity contribution < 1.29 is 4.74 Å². The van der Waals surface area contributed by atoms with E-state index in [0.717, 1.165) is 24.7 Å². The van der Waals surface area contributed by atoms with E-state index in [1.54, 1.807) is 13.1 Å². The van der Waals surface area contributed by atoms with Crippen LogP contribution in [0.1, 0.15) is 6.42 Å². The number of rotatable bonds is 7. The number of fused-ring (bicyclic) bond motifs is 1. The van der Waals surface area contributed by atoms with Crippen molar-refractivity contribution in [2.45, 2.75) is 6.42 Å². The van der Waals surface area contributed by atoms with Crippen LogP contribution in [0.25, 0.3) is 10.8 Å². The lowest BCUT2D eigenvalue weighted by atomic mass is 10.1. The van der Waals surface area contributed by atoms with Gasteiger partial charge in [0.2, 0.25) is 0 Å². The Hall–Kier alpha value is -1.76. The SMILES string of the molecule is C=CCNC(=NC)NCCCOc1ccc2ccccc2c1.I. The number of benzene rings is 2. The predicted octanol–water partition coefficient (Wildman–Crippen LogP) is 3.58. The average molecular weight is 425 g/mol. The van der Waals surface area contributed by atoms with Gasteiger partial charge in [-0.3, -0.25) is 4.99 Å². The van der Waals surface area contributed by atoms with E-state index in [1.165, 1.54) is 10.8 Å². The van der Waals surface area contributed by atoms with E-state index >= 15 is 0 Å². The summed E-state index contributed by atoms with van der Waals surface area (Å²) in [5.74, 6) is 1.69. The molecule has 0 saturated carbocycles. The van der Waals surface area contributed by atoms with Gasteiger partial charge in [0.15, 0.2) is 5.96 Å². The summed E-state index contributed by atoms with van der Waals surface area (Å²) in [4.78, 5) is 4.12. The molecule has 2 rings (SSSR count). The van der Waals surface area contributed by atoms with Gasteiger partial charge in [0.05, 0.1) is 6.61 Å². The molecule has 0 unspecified atom stereocenters. The van der Waals surface area contributed by atoms with Crippen LogP contribution in [0.5, 0.6) is 5.75 Å². The standard InChI is InChI=1S/C18H23N3O.HI/c1-3-11-20-18(19-2)21-12-6-13-22-17-10-9-15-7-4-5-8-16(15)14-17;/h3-5,7-10,14H,1,6,11-13H2,2H3,(H2,19,20,21);1H. The molecule has 0 spiro atoms. The molecule has 2 aromatic rings. The van der Waals surface area contributed by atoms with Crippen molar-refractivity contribution in [3.05, 3.63) is 55.1 Å². The Morgan fingerprint density at radius 1 is 1.17 bits per heavy atom. The van der Waals surface area contributed by atoms with Gasteiger partial charge in [0.25, 0.3) is 0 Å². The van der Waals surface area contributed by atoms with Gasteiger partial charge in [0, 0.05) is 20.1 Å². The number of hydrogen-bond donors (Lipinski definition) is 2. The monoisotopic (exact) mass is 425 g/mol. The van der Waals surface area contributed by atoms with Crippen LogP contribution in [-0.4, -0.2) is 32.7 Å². The van der Waals surface area contributed by atoms with Crippen molar-refractivity contribution in [2.75, 3.05) is 26.7 Å². The van der Waals surface area contributed by atoms with Crippen LogP contribution in [0.4, 0.5) is 0 Å². The van der Waals surface area contributed by atoms with Gasteiger partial charge in [-0.25, -0.2) is 0 Å². The van der Waals surface area contributed by atoms with Gasteiger partial charge >= 0.3 is 0 Å². The fourth-order valence-electron chi connectivity index (χ4n) is 2.12. The number of hydrogen-bond acceptors (Lipinski definition) is 2. The summed E-state index contributed by atoms with van der Waals surface area (Å²) < 4.78 is 5.79. The molecule has 2 N–H and O–H groups in total. The first-order valence-corrected chi connectivity index (χ1v) is 7.50. The molecular weight excluding hydrogens is 401 g/mol. The Morgan fingerprint density at radius 3 is 2.70 bits per heavy atom. The predicted molar refractivity (Wildman–Crippen MR) is 109 cm³/mol. The van der Waals surface area contributed by atoms with Crippen LogP contribution >= 0.6 is 24.0 Å². The van der Waals surface area contributed by atoms with Crippen LogP contribution < -0.4 is 15.4 Å². The molecular formula is C18H24IN3O. The molecule has 0 bridgehead atoms. The average Bonchev–Trinajstić information content (AvgIpc) is 2.57. The number of guanidine groups is 1. The third-order valence-corrected chi connectivity index (χ3v) is 3.24. The molecule has 2 aromatic carbocycles. The van der Waals surface area contributed by atoms with Crippen molar-refractivity contribution in [3.63, 3.8) is 0 Å². The fourth-order valence-corrected chi connectivity index (χ4v) is 2.12. The number of aliphatic imine (C=N–C) groups is 1. The molecule has 0 aliphatic carbocycles. The highest BCUT2D eigenvalue weighted by Gasteiger charge is 1.98. The molecule has 5 heteroatoms. The largest absolute Gasteiger partial charge is 0.494 e. The van der Waals surface area contributed by atoms with Crippen LogP contribution in [0.15, 0.2) is 60.1 Å². The lowest BCUT2D eigenvalue weighted by Gasteiger charge is -2.11. The molecule has 0 aliphatic rings. The minimum atomic E-state index is 0. The van der Waals surface area contributed by atoms with Crippen LogP contribution in [0, 0.1) is 0 Å². The van der Waals surface area contributed by atoms with Crippen molar-refractivity contribution in [3.8, 4) is 5.75 Å². The molecule has 0 radical (unpaired) electrons. The van der Waals surface area contributed by atoms with Crippen molar-refractivity contribution in [2.24, 2.45) is 4.99 Å². The topological polar surface area (TPSA) is 45.7 Å². The van der Waals surface area contributed by atoms with Crippen molar-refractivity contribution in [1.29, 1.82) is 0 Å². The Labute approximate surface area is 155 Å². The lowest BCUT2D eigenvalue weighted by Crippen LogP contribution is -2.38. The zero-order valence-corrected chi connectivity index (χ0v) is 15.7. The first-order chi connectivity index (χ1) is 10.8. The molecule has 0 aliphatic heterocycles. The summed E-state index contributed by atoms with van der Waals surface area (Å²) >= 11 is 0. The maximum Gasteiger partial charge on any atom is 0.191 e. The zero-order valence-electron chi connectivity index (χ0n) is 13.4. The second-order valence-electron chi connectivity index (χ2n) is 4.88. The highest BCUT2D eigenvalue weighted by Crippen LogP contribution is 2.20. The number of nitrogens with zero attached hydrogens (tertiary/aromatic N) is 1. The highest BCUT2D eigenvalue weighted by atomic mass is 127. The Balaban J connectivity index is 0.00000264. The number of ether oxygens (including phenoxy) is 1. The fraction of sp³-hybridized carbons (Fsp3) is 0.278. The molecule has 0 saturated heterocycles. The first-order valence-electron chi connectivity index (χ1n) is 7.50. The van der Waals surface area contributed by atoms with Gasteiger partial charge < -0.3 is 15.4 Å². The van der Waals surface area contributed by atoms with E-state index in [-0.39, 0.29) is 24.0 Å². The van der Waals surface area contributed by atoms with E-state index in [4.69, 9.17) is 4.74 Å². The van der Waals surface area contributed by atoms with E-state index in [9.17, 15) is 0 Å². The van der Waals surface area contributed by atoms with Crippen molar-refractivity contribution >= 4 is 40.7 Å². The van der Waals surface area contributed by atoms with Gasteiger partial charge in [-0.1, -0.05) is 36.4 Å². The normalized spacial score (nSPS) is 10.7. The lowest BCUT2D eigenvalue weighted by molar-refractivity contribution is 0.311. The Morgan fingerprint density at radius 2 is 1.96 bits per heavy atom. The third-order valence-electron chi connectivity index (χ3n) is 3.24. The molecule has 4 nitrogen and oxygen atoms in total. The van der Waals surface area contributed by atoms with Gasteiger partial charge in [-0.2, -0.15) is 0 Å². The van der Waals surface area contributed by atoms with E-state index in [2.05, 4.69) is 46.5 Å². The van der Waals surface area contributed by atoms with Crippen molar-refractivity contribution in [1.82, 2.24) is 10.6 Å². The summed E-state index contributed by atoms with van der Waals surface area (Å²) in [6.45, 7) is 5.85. The van der Waals surface area contributed by atoms with E-state index in [0.29, 0.717) is 13.2 Å². The molecule has 0 amide bonds. The van der Waals surface area contributed by atoms with E-state index < -0.39 is 0 Å². The zero-order chi connectivity index (χ0) is 15.6. The molecule has 0 heterocycles. The quantitative estimate of drug-likeness (QED) is 0.234. The van der Waals surface area contributed by atoms with Gasteiger partial charge in [0.1, 0.15) is 5.75 Å². The van der Waals surface area contributed by atoms with Crippen LogP contribution in [0.2, 0.25) is 0 Å². The molecule has 0 fully saturated rings. The highest BCUT2D eigenvalue weighted by molar-refractivity contribution is 14.0. The van der Waals surface area contributed by atoms with Crippen LogP contribution in [0.3, 0.4) is 0 Å². The number of halogens is 1. The smallest absolute Gasteiger partial charge is 0.191 e. The maximum atomic E-state index is 5.79. The molecule has 23 heavy (non-hydrogen) atoms. The van der Waals surface area contributed by atoms with Gasteiger partial charge in [-0.05, 0) is 29.3 Å². The Kier molecular flexibility index (Phi) is 9.12. The number of nitrogens with one attached hydrogen (secondary N) is 2. The third kappa shape index (κ3) is 6.48. The molecule has 0 atom stereocenters. The second kappa shape index (κ2) is 10.9. The summed E-state index contributed by atoms with van der Waals surface area (Å²) in [6.07, 6.45) is 2.71. The van der Waals surface area contributed by atoms with Gasteiger partial charge in [-0.15, -0.1) is 30.6 Å². The van der Waals surface area contributed by atoms with Crippen LogP contribution in [-0.2, 0) is 0 Å². The summed E-state index contributed by atoms with van der Waals surface area (Å²) in [7, 11) is 1.75. The second-order valence-corrected chi connectivity index (χ2v) is 4.88. The van der Waals surface area contributed by atoms with E-state index in [1.807, 2.05) is 18.2 Å². The Bertz CT molecular complexity index is 643. The summed E-state index contributed by atoms with van der Waals surface area (Å²) in [5, 5.41) is 8.79.